The average molecular weight is 367 g/mol. The summed E-state index contributed by atoms with van der Waals surface area (Å²) >= 11 is 2.30. The van der Waals surface area contributed by atoms with E-state index in [0.717, 1.165) is 28.0 Å². The molecule has 0 aliphatic carbocycles. The fourth-order valence-electron chi connectivity index (χ4n) is 2.22. The van der Waals surface area contributed by atoms with Gasteiger partial charge in [0.25, 0.3) is 0 Å². The van der Waals surface area contributed by atoms with Crippen LogP contribution in [0.4, 0.5) is 0 Å². The summed E-state index contributed by atoms with van der Waals surface area (Å²) in [7, 11) is 1.69. The van der Waals surface area contributed by atoms with Crippen LogP contribution in [0, 0.1) is 17.4 Å². The van der Waals surface area contributed by atoms with Crippen LogP contribution < -0.4 is 10.5 Å². The highest BCUT2D eigenvalue weighted by Crippen LogP contribution is 2.29. The lowest BCUT2D eigenvalue weighted by Gasteiger charge is -2.18. The van der Waals surface area contributed by atoms with E-state index in [-0.39, 0.29) is 6.04 Å². The van der Waals surface area contributed by atoms with Gasteiger partial charge in [0.15, 0.2) is 0 Å². The first-order valence-corrected chi connectivity index (χ1v) is 7.27. The van der Waals surface area contributed by atoms with Gasteiger partial charge in [0.05, 0.1) is 13.2 Å². The molecule has 100 valence electrons. The van der Waals surface area contributed by atoms with Gasteiger partial charge in [-0.05, 0) is 76.9 Å². The van der Waals surface area contributed by atoms with Crippen molar-refractivity contribution in [2.24, 2.45) is 5.73 Å². The van der Waals surface area contributed by atoms with Gasteiger partial charge in [0.2, 0.25) is 0 Å². The molecule has 0 fully saturated rings. The van der Waals surface area contributed by atoms with Gasteiger partial charge in [0.1, 0.15) is 5.75 Å². The van der Waals surface area contributed by atoms with Crippen molar-refractivity contribution in [1.29, 1.82) is 0 Å². The molecule has 0 saturated heterocycles. The van der Waals surface area contributed by atoms with Gasteiger partial charge >= 0.3 is 0 Å². The highest BCUT2D eigenvalue weighted by atomic mass is 127. The zero-order valence-electron chi connectivity index (χ0n) is 11.4. The van der Waals surface area contributed by atoms with Crippen LogP contribution in [0.5, 0.6) is 5.75 Å². The Bertz CT molecular complexity index is 578. The van der Waals surface area contributed by atoms with Crippen molar-refractivity contribution in [3.05, 3.63) is 62.2 Å². The van der Waals surface area contributed by atoms with Crippen LogP contribution in [0.25, 0.3) is 0 Å². The third-order valence-corrected chi connectivity index (χ3v) is 4.07. The van der Waals surface area contributed by atoms with Crippen molar-refractivity contribution >= 4 is 22.6 Å². The zero-order chi connectivity index (χ0) is 14.0. The molecule has 0 amide bonds. The molecule has 2 rings (SSSR count). The van der Waals surface area contributed by atoms with Crippen molar-refractivity contribution in [2.75, 3.05) is 7.11 Å². The molecular weight excluding hydrogens is 349 g/mol. The Morgan fingerprint density at radius 2 is 1.68 bits per heavy atom. The summed E-state index contributed by atoms with van der Waals surface area (Å²) in [6.07, 6.45) is 0. The zero-order valence-corrected chi connectivity index (χ0v) is 13.6. The van der Waals surface area contributed by atoms with Crippen molar-refractivity contribution in [3.8, 4) is 5.75 Å². The van der Waals surface area contributed by atoms with Crippen LogP contribution in [-0.4, -0.2) is 7.11 Å². The molecule has 0 bridgehead atoms. The number of hydrogen-bond donors (Lipinski definition) is 1. The topological polar surface area (TPSA) is 35.2 Å². The number of nitrogens with two attached hydrogens (primary N) is 1. The minimum absolute atomic E-state index is 0.0957. The summed E-state index contributed by atoms with van der Waals surface area (Å²) in [5, 5.41) is 0. The number of halogens is 1. The smallest absolute Gasteiger partial charge is 0.122 e. The Hall–Kier alpha value is -1.07. The quantitative estimate of drug-likeness (QED) is 0.834. The Morgan fingerprint density at radius 1 is 1.05 bits per heavy atom. The minimum Gasteiger partial charge on any atom is -0.496 e. The second-order valence-electron chi connectivity index (χ2n) is 4.71. The summed E-state index contributed by atoms with van der Waals surface area (Å²) in [5.74, 6) is 0.913. The molecule has 19 heavy (non-hydrogen) atoms. The summed E-state index contributed by atoms with van der Waals surface area (Å²) in [4.78, 5) is 0. The van der Waals surface area contributed by atoms with Gasteiger partial charge in [0, 0.05) is 3.57 Å². The highest BCUT2D eigenvalue weighted by Gasteiger charge is 2.13. The standard InChI is InChI=1S/C16H18INO/c1-10-9-15(19-3)11(2)8-14(10)16(18)12-4-6-13(17)7-5-12/h4-9,16H,18H2,1-3H3. The summed E-state index contributed by atoms with van der Waals surface area (Å²) < 4.78 is 6.56. The highest BCUT2D eigenvalue weighted by molar-refractivity contribution is 14.1. The molecule has 0 aliphatic heterocycles. The number of methoxy groups -OCH3 is 1. The number of aryl methyl sites for hydroxylation is 2. The van der Waals surface area contributed by atoms with E-state index in [9.17, 15) is 0 Å². The normalized spacial score (nSPS) is 12.3. The van der Waals surface area contributed by atoms with E-state index in [1.807, 2.05) is 6.92 Å². The molecule has 2 nitrogen and oxygen atoms in total. The van der Waals surface area contributed by atoms with Gasteiger partial charge in [-0.25, -0.2) is 0 Å². The maximum atomic E-state index is 6.38. The van der Waals surface area contributed by atoms with Crippen LogP contribution in [0.1, 0.15) is 28.3 Å². The first kappa shape index (κ1) is 14.3. The Labute approximate surface area is 128 Å². The summed E-state index contributed by atoms with van der Waals surface area (Å²) in [5.41, 5.74) is 10.9. The lowest BCUT2D eigenvalue weighted by atomic mass is 9.94. The molecule has 1 atom stereocenters. The lowest BCUT2D eigenvalue weighted by molar-refractivity contribution is 0.411. The fraction of sp³-hybridized carbons (Fsp3) is 0.250. The second kappa shape index (κ2) is 5.92. The average Bonchev–Trinajstić information content (AvgIpc) is 2.41. The Morgan fingerprint density at radius 3 is 2.26 bits per heavy atom. The predicted molar refractivity (Wildman–Crippen MR) is 87.7 cm³/mol. The van der Waals surface area contributed by atoms with Crippen molar-refractivity contribution < 1.29 is 4.74 Å². The molecule has 0 radical (unpaired) electrons. The van der Waals surface area contributed by atoms with Crippen molar-refractivity contribution in [3.63, 3.8) is 0 Å². The Kier molecular flexibility index (Phi) is 4.47. The maximum absolute atomic E-state index is 6.38. The van der Waals surface area contributed by atoms with E-state index < -0.39 is 0 Å². The van der Waals surface area contributed by atoms with E-state index in [0.29, 0.717) is 0 Å². The molecule has 2 N–H and O–H groups in total. The van der Waals surface area contributed by atoms with Gasteiger partial charge in [-0.3, -0.25) is 0 Å². The Balaban J connectivity index is 2.41. The molecule has 0 aliphatic rings. The molecule has 3 heteroatoms. The summed E-state index contributed by atoms with van der Waals surface area (Å²) in [6.45, 7) is 4.12. The fourth-order valence-corrected chi connectivity index (χ4v) is 2.58. The van der Waals surface area contributed by atoms with E-state index in [1.165, 1.54) is 3.57 Å². The molecular formula is C16H18INO. The number of benzene rings is 2. The molecule has 1 unspecified atom stereocenters. The third kappa shape index (κ3) is 3.09. The van der Waals surface area contributed by atoms with Gasteiger partial charge in [-0.1, -0.05) is 18.2 Å². The van der Waals surface area contributed by atoms with Gasteiger partial charge < -0.3 is 10.5 Å². The van der Waals surface area contributed by atoms with Crippen LogP contribution in [0.15, 0.2) is 36.4 Å². The van der Waals surface area contributed by atoms with E-state index in [1.54, 1.807) is 7.11 Å². The van der Waals surface area contributed by atoms with Crippen molar-refractivity contribution in [2.45, 2.75) is 19.9 Å². The number of ether oxygens (including phenoxy) is 1. The molecule has 0 heterocycles. The first-order chi connectivity index (χ1) is 9.02. The van der Waals surface area contributed by atoms with Gasteiger partial charge in [-0.15, -0.1) is 0 Å². The molecule has 2 aromatic carbocycles. The first-order valence-electron chi connectivity index (χ1n) is 6.19. The number of hydrogen-bond acceptors (Lipinski definition) is 2. The summed E-state index contributed by atoms with van der Waals surface area (Å²) in [6, 6.07) is 12.4. The molecule has 0 aromatic heterocycles. The maximum Gasteiger partial charge on any atom is 0.122 e. The van der Waals surface area contributed by atoms with Crippen LogP contribution in [0.2, 0.25) is 0 Å². The number of rotatable bonds is 3. The van der Waals surface area contributed by atoms with Gasteiger partial charge in [-0.2, -0.15) is 0 Å². The second-order valence-corrected chi connectivity index (χ2v) is 5.95. The van der Waals surface area contributed by atoms with Crippen LogP contribution >= 0.6 is 22.6 Å². The van der Waals surface area contributed by atoms with E-state index >= 15 is 0 Å². The van der Waals surface area contributed by atoms with E-state index in [4.69, 9.17) is 10.5 Å². The monoisotopic (exact) mass is 367 g/mol. The molecule has 0 spiro atoms. The lowest BCUT2D eigenvalue weighted by Crippen LogP contribution is -2.13. The predicted octanol–water partition coefficient (Wildman–Crippen LogP) is 3.96. The van der Waals surface area contributed by atoms with Crippen LogP contribution in [0.3, 0.4) is 0 Å². The largest absolute Gasteiger partial charge is 0.496 e. The molecule has 0 saturated carbocycles. The third-order valence-electron chi connectivity index (χ3n) is 3.35. The minimum atomic E-state index is -0.0957. The SMILES string of the molecule is COc1cc(C)c(C(N)c2ccc(I)cc2)cc1C. The van der Waals surface area contributed by atoms with E-state index in [2.05, 4.69) is 65.9 Å². The van der Waals surface area contributed by atoms with Crippen molar-refractivity contribution in [1.82, 2.24) is 0 Å². The molecule has 2 aromatic rings. The van der Waals surface area contributed by atoms with Crippen LogP contribution in [-0.2, 0) is 0 Å².